The van der Waals surface area contributed by atoms with E-state index in [9.17, 15) is 4.79 Å². The van der Waals surface area contributed by atoms with Crippen molar-refractivity contribution in [3.63, 3.8) is 0 Å². The number of nitrogens with one attached hydrogen (secondary N) is 2. The van der Waals surface area contributed by atoms with E-state index in [1.807, 2.05) is 88.3 Å². The molecule has 0 bridgehead atoms. The number of hydrogen-bond donors (Lipinski definition) is 2. The Labute approximate surface area is 165 Å². The number of carbonyl (C=O) groups is 1. The topological polar surface area (TPSA) is 70.2 Å². The highest BCUT2D eigenvalue weighted by Crippen LogP contribution is 2.21. The molecule has 3 aromatic rings. The molecule has 3 rings (SSSR count). The lowest BCUT2D eigenvalue weighted by atomic mass is 10.1. The highest BCUT2D eigenvalue weighted by Gasteiger charge is 2.10. The minimum absolute atomic E-state index is 0.107. The predicted molar refractivity (Wildman–Crippen MR) is 115 cm³/mol. The Morgan fingerprint density at radius 2 is 1.57 bits per heavy atom. The van der Waals surface area contributed by atoms with Crippen LogP contribution < -0.4 is 15.5 Å². The molecule has 0 saturated carbocycles. The summed E-state index contributed by atoms with van der Waals surface area (Å²) in [6.07, 6.45) is 0. The van der Waals surface area contributed by atoms with Crippen LogP contribution in [-0.2, 0) is 0 Å². The molecule has 0 atom stereocenters. The molecule has 6 heteroatoms. The average Bonchev–Trinajstić information content (AvgIpc) is 2.64. The molecule has 6 nitrogen and oxygen atoms in total. The Morgan fingerprint density at radius 1 is 0.893 bits per heavy atom. The summed E-state index contributed by atoms with van der Waals surface area (Å²) in [5.41, 5.74) is 4.33. The molecule has 1 aromatic heterocycles. The fourth-order valence-electron chi connectivity index (χ4n) is 2.81. The predicted octanol–water partition coefficient (Wildman–Crippen LogP) is 4.46. The molecule has 0 aliphatic rings. The van der Waals surface area contributed by atoms with Gasteiger partial charge < -0.3 is 15.5 Å². The first-order valence-electron chi connectivity index (χ1n) is 9.10. The van der Waals surface area contributed by atoms with Gasteiger partial charge in [0.2, 0.25) is 0 Å². The highest BCUT2D eigenvalue weighted by atomic mass is 16.1. The minimum atomic E-state index is -0.107. The van der Waals surface area contributed by atoms with Gasteiger partial charge in [-0.3, -0.25) is 4.79 Å². The van der Waals surface area contributed by atoms with Gasteiger partial charge in [0, 0.05) is 37.1 Å². The number of hydrogen-bond acceptors (Lipinski definition) is 5. The van der Waals surface area contributed by atoms with Crippen molar-refractivity contribution in [1.82, 2.24) is 9.97 Å². The maximum atomic E-state index is 12.6. The van der Waals surface area contributed by atoms with E-state index in [2.05, 4.69) is 20.6 Å². The van der Waals surface area contributed by atoms with E-state index in [1.165, 1.54) is 0 Å². The Bertz CT molecular complexity index is 996. The Balaban J connectivity index is 1.72. The molecule has 0 fully saturated rings. The van der Waals surface area contributed by atoms with Crippen molar-refractivity contribution in [2.24, 2.45) is 0 Å². The molecule has 28 heavy (non-hydrogen) atoms. The smallest absolute Gasteiger partial charge is 0.255 e. The summed E-state index contributed by atoms with van der Waals surface area (Å²) in [6.45, 7) is 5.78. The van der Waals surface area contributed by atoms with E-state index in [0.717, 1.165) is 34.1 Å². The molecular weight excluding hydrogens is 350 g/mol. The zero-order valence-corrected chi connectivity index (χ0v) is 16.9. The molecule has 0 radical (unpaired) electrons. The number of anilines is 4. The maximum absolute atomic E-state index is 12.6. The quantitative estimate of drug-likeness (QED) is 0.689. The highest BCUT2D eigenvalue weighted by molar-refractivity contribution is 6.05. The number of benzene rings is 2. The van der Waals surface area contributed by atoms with Crippen LogP contribution in [0, 0.1) is 20.8 Å². The lowest BCUT2D eigenvalue weighted by Crippen LogP contribution is -2.13. The molecule has 0 saturated heterocycles. The second-order valence-electron chi connectivity index (χ2n) is 7.03. The first-order valence-corrected chi connectivity index (χ1v) is 9.10. The lowest BCUT2D eigenvalue weighted by Gasteiger charge is -2.14. The molecule has 0 aliphatic heterocycles. The SMILES string of the molecule is Cc1ccc(C)c(C(=O)Nc2ccc(Nc3cc(N(C)C)nc(C)n3)cc2)c1. The lowest BCUT2D eigenvalue weighted by molar-refractivity contribution is 0.102. The van der Waals surface area contributed by atoms with E-state index < -0.39 is 0 Å². The molecule has 0 unspecified atom stereocenters. The van der Waals surface area contributed by atoms with Gasteiger partial charge in [-0.25, -0.2) is 9.97 Å². The molecular formula is C22H25N5O. The molecule has 1 amide bonds. The summed E-state index contributed by atoms with van der Waals surface area (Å²) in [5.74, 6) is 2.16. The summed E-state index contributed by atoms with van der Waals surface area (Å²) >= 11 is 0. The Morgan fingerprint density at radius 3 is 2.25 bits per heavy atom. The Kier molecular flexibility index (Phi) is 5.59. The summed E-state index contributed by atoms with van der Waals surface area (Å²) in [5, 5.41) is 6.23. The van der Waals surface area contributed by atoms with Crippen LogP contribution in [0.3, 0.4) is 0 Å². The summed E-state index contributed by atoms with van der Waals surface area (Å²) in [6, 6.07) is 15.3. The number of aryl methyl sites for hydroxylation is 3. The zero-order chi connectivity index (χ0) is 20.3. The average molecular weight is 375 g/mol. The second kappa shape index (κ2) is 8.08. The normalized spacial score (nSPS) is 10.5. The largest absolute Gasteiger partial charge is 0.363 e. The minimum Gasteiger partial charge on any atom is -0.363 e. The fourth-order valence-corrected chi connectivity index (χ4v) is 2.81. The van der Waals surface area contributed by atoms with Crippen molar-refractivity contribution in [3.05, 3.63) is 71.0 Å². The van der Waals surface area contributed by atoms with Gasteiger partial charge in [0.1, 0.15) is 17.5 Å². The fraction of sp³-hybridized carbons (Fsp3) is 0.227. The van der Waals surface area contributed by atoms with Crippen LogP contribution in [0.1, 0.15) is 27.3 Å². The molecule has 2 N–H and O–H groups in total. The van der Waals surface area contributed by atoms with E-state index >= 15 is 0 Å². The Hall–Kier alpha value is -3.41. The van der Waals surface area contributed by atoms with Gasteiger partial charge in [-0.1, -0.05) is 17.7 Å². The second-order valence-corrected chi connectivity index (χ2v) is 7.03. The van der Waals surface area contributed by atoms with Gasteiger partial charge in [-0.05, 0) is 56.7 Å². The molecule has 0 spiro atoms. The van der Waals surface area contributed by atoms with E-state index in [-0.39, 0.29) is 5.91 Å². The maximum Gasteiger partial charge on any atom is 0.255 e. The van der Waals surface area contributed by atoms with Crippen molar-refractivity contribution in [2.75, 3.05) is 29.6 Å². The van der Waals surface area contributed by atoms with Crippen molar-refractivity contribution < 1.29 is 4.79 Å². The standard InChI is InChI=1S/C22H25N5O/c1-14-6-7-15(2)19(12-14)22(28)26-18-10-8-17(9-11-18)25-20-13-21(27(4)5)24-16(3)23-20/h6-13H,1-5H3,(H,26,28)(H,23,24,25). The molecule has 2 aromatic carbocycles. The third-order valence-corrected chi connectivity index (χ3v) is 4.34. The van der Waals surface area contributed by atoms with Crippen LogP contribution in [0.15, 0.2) is 48.5 Å². The summed E-state index contributed by atoms with van der Waals surface area (Å²) < 4.78 is 0. The van der Waals surface area contributed by atoms with Crippen LogP contribution in [-0.4, -0.2) is 30.0 Å². The number of rotatable bonds is 5. The summed E-state index contributed by atoms with van der Waals surface area (Å²) in [7, 11) is 3.89. The van der Waals surface area contributed by atoms with E-state index in [1.54, 1.807) is 0 Å². The summed E-state index contributed by atoms with van der Waals surface area (Å²) in [4.78, 5) is 23.3. The third kappa shape index (κ3) is 4.65. The number of aromatic nitrogens is 2. The van der Waals surface area contributed by atoms with E-state index in [0.29, 0.717) is 11.4 Å². The van der Waals surface area contributed by atoms with Crippen LogP contribution in [0.25, 0.3) is 0 Å². The van der Waals surface area contributed by atoms with Gasteiger partial charge in [0.25, 0.3) is 5.91 Å². The monoisotopic (exact) mass is 375 g/mol. The number of nitrogens with zero attached hydrogens (tertiary/aromatic N) is 3. The first kappa shape index (κ1) is 19.4. The van der Waals surface area contributed by atoms with Crippen LogP contribution in [0.5, 0.6) is 0 Å². The van der Waals surface area contributed by atoms with E-state index in [4.69, 9.17) is 0 Å². The number of carbonyl (C=O) groups excluding carboxylic acids is 1. The zero-order valence-electron chi connectivity index (χ0n) is 16.9. The van der Waals surface area contributed by atoms with Crippen LogP contribution >= 0.6 is 0 Å². The molecule has 1 heterocycles. The number of amides is 1. The third-order valence-electron chi connectivity index (χ3n) is 4.34. The van der Waals surface area contributed by atoms with Gasteiger partial charge in [-0.15, -0.1) is 0 Å². The van der Waals surface area contributed by atoms with Crippen molar-refractivity contribution >= 4 is 28.9 Å². The van der Waals surface area contributed by atoms with Gasteiger partial charge in [0.15, 0.2) is 0 Å². The van der Waals surface area contributed by atoms with Gasteiger partial charge in [0.05, 0.1) is 0 Å². The van der Waals surface area contributed by atoms with Crippen LogP contribution in [0.4, 0.5) is 23.0 Å². The van der Waals surface area contributed by atoms with Crippen molar-refractivity contribution in [3.8, 4) is 0 Å². The molecule has 0 aliphatic carbocycles. The van der Waals surface area contributed by atoms with Crippen molar-refractivity contribution in [1.29, 1.82) is 0 Å². The van der Waals surface area contributed by atoms with Gasteiger partial charge >= 0.3 is 0 Å². The van der Waals surface area contributed by atoms with Crippen LogP contribution in [0.2, 0.25) is 0 Å². The molecule has 144 valence electrons. The van der Waals surface area contributed by atoms with Crippen molar-refractivity contribution in [2.45, 2.75) is 20.8 Å². The first-order chi connectivity index (χ1) is 13.3. The van der Waals surface area contributed by atoms with Gasteiger partial charge in [-0.2, -0.15) is 0 Å².